The molecule has 31 heavy (non-hydrogen) atoms. The molecule has 0 aromatic heterocycles. The molecule has 2 aromatic carbocycles. The van der Waals surface area contributed by atoms with E-state index in [1.807, 2.05) is 24.0 Å². The maximum absolute atomic E-state index is 13.0. The van der Waals surface area contributed by atoms with Crippen molar-refractivity contribution >= 4 is 23.2 Å². The first-order chi connectivity index (χ1) is 14.7. The van der Waals surface area contributed by atoms with Crippen LogP contribution in [0.4, 0.5) is 24.5 Å². The number of amides is 2. The molecule has 1 fully saturated rings. The summed E-state index contributed by atoms with van der Waals surface area (Å²) in [7, 11) is 0. The molecule has 2 aliphatic rings. The standard InChI is InChI=1S/C22H22F3N3O3/c1-15-5-6-18-19(11-15)31-14-21(30)28(18)13-20(29)27-9-7-26(8-10-27)17-4-2-3-16(12-17)22(23,24)25/h2-6,11-12H,7-10,13-14H2,1H3. The summed E-state index contributed by atoms with van der Waals surface area (Å²) in [6.45, 7) is 3.27. The van der Waals surface area contributed by atoms with E-state index in [1.165, 1.54) is 11.0 Å². The maximum Gasteiger partial charge on any atom is 0.416 e. The third-order valence-corrected chi connectivity index (χ3v) is 5.52. The van der Waals surface area contributed by atoms with Gasteiger partial charge in [0.15, 0.2) is 6.61 Å². The number of hydrogen-bond donors (Lipinski definition) is 0. The van der Waals surface area contributed by atoms with Crippen molar-refractivity contribution in [2.75, 3.05) is 49.1 Å². The van der Waals surface area contributed by atoms with Gasteiger partial charge in [-0.25, -0.2) is 0 Å². The number of piperazine rings is 1. The van der Waals surface area contributed by atoms with Crippen molar-refractivity contribution in [3.8, 4) is 5.75 Å². The van der Waals surface area contributed by atoms with E-state index in [2.05, 4.69) is 0 Å². The zero-order valence-corrected chi connectivity index (χ0v) is 17.0. The fraction of sp³-hybridized carbons (Fsp3) is 0.364. The number of hydrogen-bond acceptors (Lipinski definition) is 4. The lowest BCUT2D eigenvalue weighted by molar-refractivity contribution is -0.137. The van der Waals surface area contributed by atoms with Gasteiger partial charge >= 0.3 is 6.18 Å². The second-order valence-corrected chi connectivity index (χ2v) is 7.66. The summed E-state index contributed by atoms with van der Waals surface area (Å²) in [5, 5.41) is 0. The first-order valence-corrected chi connectivity index (χ1v) is 9.96. The highest BCUT2D eigenvalue weighted by Gasteiger charge is 2.32. The van der Waals surface area contributed by atoms with Gasteiger partial charge in [0.1, 0.15) is 12.3 Å². The van der Waals surface area contributed by atoms with Crippen molar-refractivity contribution in [1.82, 2.24) is 4.90 Å². The molecule has 0 N–H and O–H groups in total. The van der Waals surface area contributed by atoms with Crippen LogP contribution in [0.1, 0.15) is 11.1 Å². The fourth-order valence-electron chi connectivity index (χ4n) is 3.81. The summed E-state index contributed by atoms with van der Waals surface area (Å²) in [5.41, 5.74) is 1.35. The zero-order valence-electron chi connectivity index (χ0n) is 17.0. The Bertz CT molecular complexity index is 1000. The predicted octanol–water partition coefficient (Wildman–Crippen LogP) is 3.09. The molecule has 9 heteroatoms. The molecule has 6 nitrogen and oxygen atoms in total. The zero-order chi connectivity index (χ0) is 22.2. The van der Waals surface area contributed by atoms with Crippen LogP contribution in [-0.4, -0.2) is 56.0 Å². The number of carbonyl (C=O) groups is 2. The first-order valence-electron chi connectivity index (χ1n) is 9.96. The fourth-order valence-corrected chi connectivity index (χ4v) is 3.81. The lowest BCUT2D eigenvalue weighted by atomic mass is 10.1. The summed E-state index contributed by atoms with van der Waals surface area (Å²) in [6, 6.07) is 10.6. The summed E-state index contributed by atoms with van der Waals surface area (Å²) in [4.78, 5) is 30.1. The van der Waals surface area contributed by atoms with E-state index in [0.717, 1.165) is 17.7 Å². The largest absolute Gasteiger partial charge is 0.482 e. The van der Waals surface area contributed by atoms with Crippen LogP contribution in [0.3, 0.4) is 0 Å². The van der Waals surface area contributed by atoms with Crippen molar-refractivity contribution in [2.24, 2.45) is 0 Å². The van der Waals surface area contributed by atoms with Crippen LogP contribution in [0, 0.1) is 6.92 Å². The van der Waals surface area contributed by atoms with Crippen molar-refractivity contribution in [3.05, 3.63) is 53.6 Å². The Kier molecular flexibility index (Phi) is 5.51. The van der Waals surface area contributed by atoms with Crippen LogP contribution in [0.2, 0.25) is 0 Å². The number of anilines is 2. The van der Waals surface area contributed by atoms with Gasteiger partial charge in [-0.2, -0.15) is 13.2 Å². The minimum Gasteiger partial charge on any atom is -0.482 e. The SMILES string of the molecule is Cc1ccc2c(c1)OCC(=O)N2CC(=O)N1CCN(c2cccc(C(F)(F)F)c2)CC1. The van der Waals surface area contributed by atoms with Crippen LogP contribution >= 0.6 is 0 Å². The van der Waals surface area contributed by atoms with Crippen LogP contribution in [0.15, 0.2) is 42.5 Å². The lowest BCUT2D eigenvalue weighted by Gasteiger charge is -2.37. The van der Waals surface area contributed by atoms with E-state index in [9.17, 15) is 22.8 Å². The van der Waals surface area contributed by atoms with Crippen molar-refractivity contribution in [3.63, 3.8) is 0 Å². The highest BCUT2D eigenvalue weighted by atomic mass is 19.4. The molecule has 0 bridgehead atoms. The van der Waals surface area contributed by atoms with Crippen LogP contribution < -0.4 is 14.5 Å². The second kappa shape index (κ2) is 8.13. The van der Waals surface area contributed by atoms with Crippen LogP contribution in [-0.2, 0) is 15.8 Å². The van der Waals surface area contributed by atoms with E-state index >= 15 is 0 Å². The van der Waals surface area contributed by atoms with Gasteiger partial charge in [0, 0.05) is 31.9 Å². The predicted molar refractivity (Wildman–Crippen MR) is 109 cm³/mol. The van der Waals surface area contributed by atoms with Gasteiger partial charge in [-0.05, 0) is 42.8 Å². The topological polar surface area (TPSA) is 53.1 Å². The molecule has 0 aliphatic carbocycles. The van der Waals surface area contributed by atoms with Gasteiger partial charge in [0.2, 0.25) is 5.91 Å². The Balaban J connectivity index is 1.40. The van der Waals surface area contributed by atoms with E-state index in [1.54, 1.807) is 17.0 Å². The minimum atomic E-state index is -4.40. The number of nitrogens with zero attached hydrogens (tertiary/aromatic N) is 3. The molecule has 0 radical (unpaired) electrons. The molecule has 0 atom stereocenters. The highest BCUT2D eigenvalue weighted by molar-refractivity contribution is 6.02. The van der Waals surface area contributed by atoms with E-state index in [0.29, 0.717) is 43.3 Å². The van der Waals surface area contributed by atoms with E-state index in [4.69, 9.17) is 4.74 Å². The smallest absolute Gasteiger partial charge is 0.416 e. The number of halogens is 3. The average molecular weight is 433 g/mol. The molecule has 0 spiro atoms. The highest BCUT2D eigenvalue weighted by Crippen LogP contribution is 2.33. The van der Waals surface area contributed by atoms with Gasteiger partial charge in [0.05, 0.1) is 11.3 Å². The number of carbonyl (C=O) groups excluding carboxylic acids is 2. The third-order valence-electron chi connectivity index (χ3n) is 5.52. The molecule has 2 aliphatic heterocycles. The summed E-state index contributed by atoms with van der Waals surface area (Å²) in [5.74, 6) is 0.0829. The second-order valence-electron chi connectivity index (χ2n) is 7.66. The molecule has 1 saturated heterocycles. The number of rotatable bonds is 3. The first kappa shape index (κ1) is 21.0. The third kappa shape index (κ3) is 4.45. The molecule has 2 aromatic rings. The Hall–Kier alpha value is -3.23. The van der Waals surface area contributed by atoms with Crippen molar-refractivity contribution < 1.29 is 27.5 Å². The van der Waals surface area contributed by atoms with Gasteiger partial charge in [-0.3, -0.25) is 14.5 Å². The molecule has 4 rings (SSSR count). The van der Waals surface area contributed by atoms with Crippen molar-refractivity contribution in [2.45, 2.75) is 13.1 Å². The molecule has 2 heterocycles. The van der Waals surface area contributed by atoms with E-state index < -0.39 is 11.7 Å². The number of aryl methyl sites for hydroxylation is 1. The monoisotopic (exact) mass is 433 g/mol. The number of ether oxygens (including phenoxy) is 1. The Morgan fingerprint density at radius 2 is 1.81 bits per heavy atom. The summed E-state index contributed by atoms with van der Waals surface area (Å²) in [6.07, 6.45) is -4.40. The molecular formula is C22H22F3N3O3. The molecule has 0 unspecified atom stereocenters. The lowest BCUT2D eigenvalue weighted by Crippen LogP contribution is -2.53. The number of fused-ring (bicyclic) bond motifs is 1. The molecular weight excluding hydrogens is 411 g/mol. The summed E-state index contributed by atoms with van der Waals surface area (Å²) >= 11 is 0. The van der Waals surface area contributed by atoms with Crippen LogP contribution in [0.5, 0.6) is 5.75 Å². The molecule has 164 valence electrons. The Morgan fingerprint density at radius 1 is 1.06 bits per heavy atom. The minimum absolute atomic E-state index is 0.0954. The molecule has 0 saturated carbocycles. The number of alkyl halides is 3. The molecule has 2 amide bonds. The number of benzene rings is 2. The quantitative estimate of drug-likeness (QED) is 0.747. The van der Waals surface area contributed by atoms with Crippen molar-refractivity contribution in [1.29, 1.82) is 0 Å². The van der Waals surface area contributed by atoms with Crippen LogP contribution in [0.25, 0.3) is 0 Å². The van der Waals surface area contributed by atoms with E-state index in [-0.39, 0.29) is 25.0 Å². The van der Waals surface area contributed by atoms with Gasteiger partial charge in [0.25, 0.3) is 5.91 Å². The Labute approximate surface area is 177 Å². The normalized spacial score (nSPS) is 16.8. The van der Waals surface area contributed by atoms with Gasteiger partial charge < -0.3 is 14.5 Å². The maximum atomic E-state index is 13.0. The van der Waals surface area contributed by atoms with Gasteiger partial charge in [-0.15, -0.1) is 0 Å². The van der Waals surface area contributed by atoms with Gasteiger partial charge in [-0.1, -0.05) is 12.1 Å². The Morgan fingerprint density at radius 3 is 2.52 bits per heavy atom. The summed E-state index contributed by atoms with van der Waals surface area (Å²) < 4.78 is 44.4. The average Bonchev–Trinajstić information content (AvgIpc) is 2.75.